The highest BCUT2D eigenvalue weighted by molar-refractivity contribution is 5.23. The Bertz CT molecular complexity index is 447. The number of ether oxygens (including phenoxy) is 1. The third-order valence-electron chi connectivity index (χ3n) is 2.58. The summed E-state index contributed by atoms with van der Waals surface area (Å²) in [6.45, 7) is -0.247. The first-order chi connectivity index (χ1) is 7.55. The van der Waals surface area contributed by atoms with E-state index in [9.17, 15) is 9.90 Å². The summed E-state index contributed by atoms with van der Waals surface area (Å²) in [5.41, 5.74) is 3.26. The molecule has 0 saturated carbocycles. The number of nitrogens with zero attached hydrogens (tertiary/aromatic N) is 2. The maximum atomic E-state index is 11.5. The predicted octanol–water partition coefficient (Wildman–Crippen LogP) is -1.75. The summed E-state index contributed by atoms with van der Waals surface area (Å²) in [7, 11) is 0. The Kier molecular flexibility index (Phi) is 2.66. The van der Waals surface area contributed by atoms with Gasteiger partial charge in [-0.3, -0.25) is 4.57 Å². The quantitative estimate of drug-likeness (QED) is 0.552. The highest BCUT2D eigenvalue weighted by Gasteiger charge is 2.40. The molecule has 7 nitrogen and oxygen atoms in total. The fourth-order valence-electron chi connectivity index (χ4n) is 1.75. The minimum atomic E-state index is -1.45. The van der Waals surface area contributed by atoms with Gasteiger partial charge in [0.1, 0.15) is 5.82 Å². The van der Waals surface area contributed by atoms with Gasteiger partial charge in [-0.1, -0.05) is 0 Å². The van der Waals surface area contributed by atoms with Crippen molar-refractivity contribution in [1.82, 2.24) is 9.55 Å². The molecular formula is C9H13N3O4. The molecule has 0 aliphatic carbocycles. The summed E-state index contributed by atoms with van der Waals surface area (Å²) in [6.07, 6.45) is 1.05. The van der Waals surface area contributed by atoms with E-state index < -0.39 is 17.5 Å². The summed E-state index contributed by atoms with van der Waals surface area (Å²) < 4.78 is 6.21. The SMILES string of the molecule is Nc1ccn([C@]2(O)COC(CO)C2)c(=O)n1. The predicted molar refractivity (Wildman–Crippen MR) is 54.5 cm³/mol. The first-order valence-electron chi connectivity index (χ1n) is 4.86. The molecule has 1 saturated heterocycles. The zero-order chi connectivity index (χ0) is 11.8. The Balaban J connectivity index is 2.34. The highest BCUT2D eigenvalue weighted by atomic mass is 16.5. The molecule has 0 amide bonds. The molecule has 16 heavy (non-hydrogen) atoms. The van der Waals surface area contributed by atoms with E-state index in [0.717, 1.165) is 4.57 Å². The van der Waals surface area contributed by atoms with Crippen LogP contribution in [0.4, 0.5) is 5.82 Å². The zero-order valence-corrected chi connectivity index (χ0v) is 8.54. The van der Waals surface area contributed by atoms with Crippen molar-refractivity contribution in [3.05, 3.63) is 22.7 Å². The van der Waals surface area contributed by atoms with E-state index in [2.05, 4.69) is 4.98 Å². The molecule has 4 N–H and O–H groups in total. The lowest BCUT2D eigenvalue weighted by atomic mass is 10.1. The summed E-state index contributed by atoms with van der Waals surface area (Å²) in [5.74, 6) is 0.0995. The first kappa shape index (κ1) is 11.1. The molecule has 0 aromatic carbocycles. The maximum Gasteiger partial charge on any atom is 0.351 e. The number of hydrogen-bond donors (Lipinski definition) is 3. The van der Waals surface area contributed by atoms with E-state index in [0.29, 0.717) is 0 Å². The second-order valence-corrected chi connectivity index (χ2v) is 3.81. The molecule has 0 radical (unpaired) electrons. The first-order valence-corrected chi connectivity index (χ1v) is 4.86. The molecule has 1 unspecified atom stereocenters. The fourth-order valence-corrected chi connectivity index (χ4v) is 1.75. The van der Waals surface area contributed by atoms with Gasteiger partial charge in [0.25, 0.3) is 0 Å². The van der Waals surface area contributed by atoms with Gasteiger partial charge in [0.05, 0.1) is 19.3 Å². The molecule has 0 spiro atoms. The van der Waals surface area contributed by atoms with Crippen LogP contribution in [-0.2, 0) is 10.5 Å². The van der Waals surface area contributed by atoms with Crippen LogP contribution in [-0.4, -0.2) is 39.1 Å². The summed E-state index contributed by atoms with van der Waals surface area (Å²) in [5, 5.41) is 19.1. The second-order valence-electron chi connectivity index (χ2n) is 3.81. The summed E-state index contributed by atoms with van der Waals surface area (Å²) >= 11 is 0. The third-order valence-corrected chi connectivity index (χ3v) is 2.58. The van der Waals surface area contributed by atoms with Crippen molar-refractivity contribution < 1.29 is 14.9 Å². The van der Waals surface area contributed by atoms with Crippen LogP contribution < -0.4 is 11.4 Å². The van der Waals surface area contributed by atoms with Gasteiger partial charge in [0.2, 0.25) is 0 Å². The lowest BCUT2D eigenvalue weighted by molar-refractivity contribution is -0.0480. The number of aliphatic hydroxyl groups excluding tert-OH is 1. The minimum Gasteiger partial charge on any atom is -0.394 e. The van der Waals surface area contributed by atoms with Crippen LogP contribution in [0.2, 0.25) is 0 Å². The molecule has 2 atom stereocenters. The zero-order valence-electron chi connectivity index (χ0n) is 8.54. The highest BCUT2D eigenvalue weighted by Crippen LogP contribution is 2.27. The van der Waals surface area contributed by atoms with Crippen molar-refractivity contribution in [2.45, 2.75) is 18.2 Å². The molecule has 1 aliphatic heterocycles. The van der Waals surface area contributed by atoms with E-state index >= 15 is 0 Å². The molecule has 0 bridgehead atoms. The normalized spacial score (nSPS) is 29.5. The number of nitrogen functional groups attached to an aromatic ring is 1. The molecule has 1 aromatic heterocycles. The van der Waals surface area contributed by atoms with E-state index in [4.69, 9.17) is 15.6 Å². The van der Waals surface area contributed by atoms with Crippen molar-refractivity contribution in [3.8, 4) is 0 Å². The van der Waals surface area contributed by atoms with Gasteiger partial charge in [-0.2, -0.15) is 4.98 Å². The Morgan fingerprint density at radius 2 is 2.50 bits per heavy atom. The van der Waals surface area contributed by atoms with Crippen LogP contribution in [0.5, 0.6) is 0 Å². The van der Waals surface area contributed by atoms with Crippen molar-refractivity contribution in [2.24, 2.45) is 0 Å². The van der Waals surface area contributed by atoms with Gasteiger partial charge in [-0.15, -0.1) is 0 Å². The minimum absolute atomic E-state index is 0.0519. The molecule has 7 heteroatoms. The standard InChI is InChI=1S/C9H13N3O4/c10-7-1-2-12(8(14)11-7)9(15)3-6(4-13)16-5-9/h1-2,6,13,15H,3-5H2,(H2,10,11,14)/t6?,9-/m1/s1. The van der Waals surface area contributed by atoms with Crippen molar-refractivity contribution in [3.63, 3.8) is 0 Å². The number of rotatable bonds is 2. The molecular weight excluding hydrogens is 214 g/mol. The number of nitrogens with two attached hydrogens (primary N) is 1. The van der Waals surface area contributed by atoms with E-state index in [1.165, 1.54) is 12.3 Å². The van der Waals surface area contributed by atoms with Crippen LogP contribution in [0.1, 0.15) is 6.42 Å². The largest absolute Gasteiger partial charge is 0.394 e. The van der Waals surface area contributed by atoms with Crippen LogP contribution in [0, 0.1) is 0 Å². The lowest BCUT2D eigenvalue weighted by Crippen LogP contribution is -2.42. The van der Waals surface area contributed by atoms with Crippen LogP contribution >= 0.6 is 0 Å². The third kappa shape index (κ3) is 1.80. The van der Waals surface area contributed by atoms with Crippen LogP contribution in [0.3, 0.4) is 0 Å². The maximum absolute atomic E-state index is 11.5. The van der Waals surface area contributed by atoms with Crippen molar-refractivity contribution in [1.29, 1.82) is 0 Å². The number of anilines is 1. The van der Waals surface area contributed by atoms with Gasteiger partial charge in [0.15, 0.2) is 5.72 Å². The monoisotopic (exact) mass is 227 g/mol. The molecule has 1 fully saturated rings. The summed E-state index contributed by atoms with van der Waals surface area (Å²) in [6, 6.07) is 1.42. The molecule has 88 valence electrons. The van der Waals surface area contributed by atoms with Gasteiger partial charge < -0.3 is 20.7 Å². The Hall–Kier alpha value is -1.44. The Labute approximate surface area is 91.1 Å². The number of hydrogen-bond acceptors (Lipinski definition) is 6. The molecule has 2 heterocycles. The fraction of sp³-hybridized carbons (Fsp3) is 0.556. The number of aromatic nitrogens is 2. The topological polar surface area (TPSA) is 111 Å². The van der Waals surface area contributed by atoms with E-state index in [1.807, 2.05) is 0 Å². The lowest BCUT2D eigenvalue weighted by Gasteiger charge is -2.22. The van der Waals surface area contributed by atoms with Gasteiger partial charge in [0, 0.05) is 12.6 Å². The number of aliphatic hydroxyl groups is 2. The second kappa shape index (κ2) is 3.85. The van der Waals surface area contributed by atoms with E-state index in [-0.39, 0.29) is 25.5 Å². The van der Waals surface area contributed by atoms with Crippen LogP contribution in [0.15, 0.2) is 17.1 Å². The van der Waals surface area contributed by atoms with Crippen molar-refractivity contribution in [2.75, 3.05) is 18.9 Å². The van der Waals surface area contributed by atoms with Crippen molar-refractivity contribution >= 4 is 5.82 Å². The van der Waals surface area contributed by atoms with Gasteiger partial charge in [-0.25, -0.2) is 4.79 Å². The summed E-state index contributed by atoms with van der Waals surface area (Å²) in [4.78, 5) is 15.0. The molecule has 2 rings (SSSR count). The average molecular weight is 227 g/mol. The van der Waals surface area contributed by atoms with E-state index in [1.54, 1.807) is 0 Å². The van der Waals surface area contributed by atoms with Gasteiger partial charge >= 0.3 is 5.69 Å². The Morgan fingerprint density at radius 3 is 3.06 bits per heavy atom. The average Bonchev–Trinajstić information content (AvgIpc) is 2.61. The smallest absolute Gasteiger partial charge is 0.351 e. The molecule has 1 aromatic rings. The van der Waals surface area contributed by atoms with Gasteiger partial charge in [-0.05, 0) is 6.07 Å². The Morgan fingerprint density at radius 1 is 1.75 bits per heavy atom. The van der Waals surface area contributed by atoms with Crippen LogP contribution in [0.25, 0.3) is 0 Å². The molecule has 1 aliphatic rings.